The maximum Gasteiger partial charge on any atom is 0.226 e. The van der Waals surface area contributed by atoms with Crippen LogP contribution in [-0.2, 0) is 23.3 Å². The highest BCUT2D eigenvalue weighted by molar-refractivity contribution is 5.83. The molecule has 0 unspecified atom stereocenters. The number of nitrogens with one attached hydrogen (secondary N) is 2. The van der Waals surface area contributed by atoms with E-state index >= 15 is 0 Å². The second kappa shape index (κ2) is 6.52. The summed E-state index contributed by atoms with van der Waals surface area (Å²) in [7, 11) is 0. The first-order valence-electron chi connectivity index (χ1n) is 9.76. The molecule has 2 aliphatic rings. The monoisotopic (exact) mass is 356 g/mol. The van der Waals surface area contributed by atoms with E-state index in [9.17, 15) is 4.79 Å². The zero-order valence-corrected chi connectivity index (χ0v) is 15.7. The molecule has 2 fully saturated rings. The molecule has 0 saturated heterocycles. The summed E-state index contributed by atoms with van der Waals surface area (Å²) in [5, 5.41) is 11.9. The summed E-state index contributed by atoms with van der Waals surface area (Å²) in [6, 6.07) is 0. The number of fused-ring (bicyclic) bond motifs is 2. The van der Waals surface area contributed by atoms with Gasteiger partial charge in [-0.3, -0.25) is 4.79 Å². The number of hydrogen-bond donors (Lipinski definition) is 2. The molecule has 2 bridgehead atoms. The number of carbonyl (C=O) groups is 1. The van der Waals surface area contributed by atoms with Crippen molar-refractivity contribution >= 4 is 5.91 Å². The van der Waals surface area contributed by atoms with Crippen LogP contribution < -0.4 is 5.32 Å². The zero-order valence-electron chi connectivity index (χ0n) is 15.7. The van der Waals surface area contributed by atoms with Crippen LogP contribution in [-0.4, -0.2) is 30.9 Å². The molecule has 0 aliphatic heterocycles. The fourth-order valence-corrected chi connectivity index (χ4v) is 4.71. The minimum atomic E-state index is -0.250. The molecule has 2 heterocycles. The van der Waals surface area contributed by atoms with Crippen molar-refractivity contribution in [2.24, 2.45) is 5.41 Å². The van der Waals surface area contributed by atoms with Gasteiger partial charge in [0, 0.05) is 11.9 Å². The molecular formula is C19H28N6O. The van der Waals surface area contributed by atoms with Crippen LogP contribution in [0, 0.1) is 12.3 Å². The number of aryl methyl sites for hydroxylation is 2. The average Bonchev–Trinajstić information content (AvgIpc) is 3.41. The van der Waals surface area contributed by atoms with Gasteiger partial charge in [0.2, 0.25) is 5.91 Å². The van der Waals surface area contributed by atoms with Gasteiger partial charge in [0.05, 0.1) is 35.2 Å². The lowest BCUT2D eigenvalue weighted by atomic mass is 9.83. The predicted molar refractivity (Wildman–Crippen MR) is 97.3 cm³/mol. The zero-order chi connectivity index (χ0) is 18.2. The average molecular weight is 356 g/mol. The summed E-state index contributed by atoms with van der Waals surface area (Å²) in [5.74, 6) is 0.172. The standard InChI is InChI=1S/C19H28N6O/c1-3-4-5-15-11-25(24-23-15)19-8-6-18(12-19,7-9-19)17(26)20-10-16-14(2)21-13-22-16/h11,13H,3-10,12H2,1-2H3,(H,20,26)(H,21,22). The van der Waals surface area contributed by atoms with E-state index in [1.807, 2.05) is 6.92 Å². The topological polar surface area (TPSA) is 88.5 Å². The first kappa shape index (κ1) is 17.2. The molecule has 0 atom stereocenters. The maximum absolute atomic E-state index is 13.0. The fraction of sp³-hybridized carbons (Fsp3) is 0.684. The lowest BCUT2D eigenvalue weighted by Crippen LogP contribution is -2.38. The van der Waals surface area contributed by atoms with E-state index in [-0.39, 0.29) is 16.9 Å². The maximum atomic E-state index is 13.0. The van der Waals surface area contributed by atoms with Gasteiger partial charge in [-0.25, -0.2) is 9.67 Å². The van der Waals surface area contributed by atoms with Crippen LogP contribution in [0.5, 0.6) is 0 Å². The number of nitrogens with zero attached hydrogens (tertiary/aromatic N) is 4. The normalized spacial score (nSPS) is 27.2. The largest absolute Gasteiger partial charge is 0.350 e. The number of aromatic amines is 1. The molecule has 2 aromatic rings. The quantitative estimate of drug-likeness (QED) is 0.798. The van der Waals surface area contributed by atoms with Gasteiger partial charge in [-0.15, -0.1) is 5.10 Å². The summed E-state index contributed by atoms with van der Waals surface area (Å²) in [6.45, 7) is 4.66. The summed E-state index contributed by atoms with van der Waals surface area (Å²) >= 11 is 0. The summed E-state index contributed by atoms with van der Waals surface area (Å²) < 4.78 is 2.07. The number of rotatable bonds is 7. The molecule has 2 aliphatic carbocycles. The Kier molecular flexibility index (Phi) is 4.32. The van der Waals surface area contributed by atoms with Crippen molar-refractivity contribution in [3.63, 3.8) is 0 Å². The summed E-state index contributed by atoms with van der Waals surface area (Å²) in [5.41, 5.74) is 2.73. The molecular weight excluding hydrogens is 328 g/mol. The lowest BCUT2D eigenvalue weighted by Gasteiger charge is -2.27. The third kappa shape index (κ3) is 2.83. The second-order valence-corrected chi connectivity index (χ2v) is 8.10. The first-order chi connectivity index (χ1) is 12.6. The van der Waals surface area contributed by atoms with E-state index in [1.54, 1.807) is 6.33 Å². The highest BCUT2D eigenvalue weighted by atomic mass is 16.2. The predicted octanol–water partition coefficient (Wildman–Crippen LogP) is 2.63. The SMILES string of the molecule is CCCCc1cn(C23CCC(C(=O)NCc4nc[nH]c4C)(CC2)C3)nn1. The molecule has 2 N–H and O–H groups in total. The molecule has 2 saturated carbocycles. The number of H-pyrrole nitrogens is 1. The number of unbranched alkanes of at least 4 members (excludes halogenated alkanes) is 1. The van der Waals surface area contributed by atoms with Crippen LogP contribution in [0.4, 0.5) is 0 Å². The smallest absolute Gasteiger partial charge is 0.226 e. The van der Waals surface area contributed by atoms with Crippen LogP contribution >= 0.6 is 0 Å². The molecule has 0 aromatic carbocycles. The molecule has 2 aromatic heterocycles. The highest BCUT2D eigenvalue weighted by Gasteiger charge is 2.59. The van der Waals surface area contributed by atoms with Gasteiger partial charge < -0.3 is 10.3 Å². The molecule has 26 heavy (non-hydrogen) atoms. The second-order valence-electron chi connectivity index (χ2n) is 8.10. The minimum Gasteiger partial charge on any atom is -0.350 e. The van der Waals surface area contributed by atoms with Gasteiger partial charge in [0.25, 0.3) is 0 Å². The van der Waals surface area contributed by atoms with Crippen LogP contribution in [0.25, 0.3) is 0 Å². The lowest BCUT2D eigenvalue weighted by molar-refractivity contribution is -0.130. The number of hydrogen-bond acceptors (Lipinski definition) is 4. The van der Waals surface area contributed by atoms with E-state index in [0.29, 0.717) is 6.54 Å². The van der Waals surface area contributed by atoms with E-state index in [2.05, 4.69) is 43.4 Å². The van der Waals surface area contributed by atoms with Crippen molar-refractivity contribution in [1.82, 2.24) is 30.3 Å². The molecule has 4 rings (SSSR count). The van der Waals surface area contributed by atoms with Crippen molar-refractivity contribution in [3.8, 4) is 0 Å². The Morgan fingerprint density at radius 2 is 2.15 bits per heavy atom. The first-order valence-corrected chi connectivity index (χ1v) is 9.76. The molecule has 7 heteroatoms. The van der Waals surface area contributed by atoms with Gasteiger partial charge in [-0.05, 0) is 51.9 Å². The molecule has 7 nitrogen and oxygen atoms in total. The van der Waals surface area contributed by atoms with Crippen LogP contribution in [0.3, 0.4) is 0 Å². The van der Waals surface area contributed by atoms with Crippen molar-refractivity contribution < 1.29 is 4.79 Å². The molecule has 1 amide bonds. The van der Waals surface area contributed by atoms with Crippen LogP contribution in [0.1, 0.15) is 69.0 Å². The molecule has 140 valence electrons. The van der Waals surface area contributed by atoms with Crippen LogP contribution in [0.2, 0.25) is 0 Å². The fourth-order valence-electron chi connectivity index (χ4n) is 4.71. The van der Waals surface area contributed by atoms with E-state index < -0.39 is 0 Å². The van der Waals surface area contributed by atoms with Crippen molar-refractivity contribution in [3.05, 3.63) is 29.6 Å². The van der Waals surface area contributed by atoms with Gasteiger partial charge in [0.15, 0.2) is 0 Å². The number of amides is 1. The van der Waals surface area contributed by atoms with Crippen molar-refractivity contribution in [2.45, 2.75) is 77.3 Å². The van der Waals surface area contributed by atoms with Crippen LogP contribution in [0.15, 0.2) is 12.5 Å². The highest BCUT2D eigenvalue weighted by Crippen LogP contribution is 2.60. The minimum absolute atomic E-state index is 0.0168. The molecule has 0 radical (unpaired) electrons. The van der Waals surface area contributed by atoms with Gasteiger partial charge in [-0.2, -0.15) is 0 Å². The Labute approximate surface area is 154 Å². The number of aromatic nitrogens is 5. The van der Waals surface area contributed by atoms with Gasteiger partial charge >= 0.3 is 0 Å². The van der Waals surface area contributed by atoms with E-state index in [1.165, 1.54) is 0 Å². The Balaban J connectivity index is 1.43. The van der Waals surface area contributed by atoms with Gasteiger partial charge in [0.1, 0.15) is 0 Å². The van der Waals surface area contributed by atoms with Crippen molar-refractivity contribution in [2.75, 3.05) is 0 Å². The summed E-state index contributed by atoms with van der Waals surface area (Å²) in [4.78, 5) is 20.3. The summed E-state index contributed by atoms with van der Waals surface area (Å²) in [6.07, 6.45) is 11.8. The third-order valence-electron chi connectivity index (χ3n) is 6.45. The Morgan fingerprint density at radius 3 is 2.85 bits per heavy atom. The number of imidazole rings is 1. The Bertz CT molecular complexity index is 784. The van der Waals surface area contributed by atoms with Crippen molar-refractivity contribution in [1.29, 1.82) is 0 Å². The third-order valence-corrected chi connectivity index (χ3v) is 6.45. The number of carbonyl (C=O) groups excluding carboxylic acids is 1. The van der Waals surface area contributed by atoms with E-state index in [0.717, 1.165) is 68.4 Å². The Morgan fingerprint density at radius 1 is 1.35 bits per heavy atom. The molecule has 0 spiro atoms. The van der Waals surface area contributed by atoms with Gasteiger partial charge in [-0.1, -0.05) is 18.6 Å². The Hall–Kier alpha value is -2.18. The van der Waals surface area contributed by atoms with E-state index in [4.69, 9.17) is 0 Å².